The molecule has 0 saturated carbocycles. The summed E-state index contributed by atoms with van der Waals surface area (Å²) in [6.07, 6.45) is -0.782. The fourth-order valence-corrected chi connectivity index (χ4v) is 2.68. The van der Waals surface area contributed by atoms with Crippen molar-refractivity contribution in [2.75, 3.05) is 6.61 Å². The number of rotatable bonds is 4. The number of hydrogen-bond acceptors (Lipinski definition) is 2. The van der Waals surface area contributed by atoms with Gasteiger partial charge < -0.3 is 9.84 Å². The van der Waals surface area contributed by atoms with Crippen molar-refractivity contribution in [1.82, 2.24) is 0 Å². The van der Waals surface area contributed by atoms with Crippen molar-refractivity contribution in [3.05, 3.63) is 60.8 Å². The number of halogens is 4. The fraction of sp³-hybridized carbons (Fsp3) is 0.143. The van der Waals surface area contributed by atoms with E-state index in [9.17, 15) is 9.50 Å². The zero-order chi connectivity index (χ0) is 14.7. The molecule has 0 aromatic heterocycles. The molecular formula is C14H10BrClFIO2. The summed E-state index contributed by atoms with van der Waals surface area (Å²) in [5.41, 5.74) is 0.271. The van der Waals surface area contributed by atoms with Gasteiger partial charge in [-0.2, -0.15) is 0 Å². The van der Waals surface area contributed by atoms with Crippen LogP contribution in [0.1, 0.15) is 11.7 Å². The minimum atomic E-state index is -0.782. The van der Waals surface area contributed by atoms with Crippen LogP contribution in [0.3, 0.4) is 0 Å². The lowest BCUT2D eigenvalue weighted by atomic mass is 10.1. The molecule has 0 aliphatic rings. The van der Waals surface area contributed by atoms with Gasteiger partial charge in [0.2, 0.25) is 0 Å². The topological polar surface area (TPSA) is 29.5 Å². The molecule has 1 unspecified atom stereocenters. The SMILES string of the molecule is OCC(Oc1cccc(Br)c1I)c1ccc(Cl)cc1F. The highest BCUT2D eigenvalue weighted by atomic mass is 127. The highest BCUT2D eigenvalue weighted by Crippen LogP contribution is 2.32. The maximum absolute atomic E-state index is 13.9. The zero-order valence-corrected chi connectivity index (χ0v) is 14.6. The Morgan fingerprint density at radius 3 is 2.75 bits per heavy atom. The van der Waals surface area contributed by atoms with Crippen molar-refractivity contribution >= 4 is 50.1 Å². The monoisotopic (exact) mass is 470 g/mol. The number of aliphatic hydroxyl groups excluding tert-OH is 1. The second kappa shape index (κ2) is 7.06. The molecule has 0 radical (unpaired) electrons. The Morgan fingerprint density at radius 1 is 1.35 bits per heavy atom. The van der Waals surface area contributed by atoms with E-state index in [0.717, 1.165) is 8.04 Å². The van der Waals surface area contributed by atoms with Crippen molar-refractivity contribution in [2.24, 2.45) is 0 Å². The van der Waals surface area contributed by atoms with Crippen LogP contribution in [-0.2, 0) is 0 Å². The van der Waals surface area contributed by atoms with Crippen LogP contribution in [0.5, 0.6) is 5.75 Å². The Bertz CT molecular complexity index is 624. The Hall–Kier alpha value is -0.370. The van der Waals surface area contributed by atoms with Gasteiger partial charge in [-0.25, -0.2) is 4.39 Å². The van der Waals surface area contributed by atoms with Gasteiger partial charge in [-0.05, 0) is 62.8 Å². The maximum Gasteiger partial charge on any atom is 0.150 e. The van der Waals surface area contributed by atoms with E-state index >= 15 is 0 Å². The van der Waals surface area contributed by atoms with Crippen LogP contribution in [0.15, 0.2) is 40.9 Å². The van der Waals surface area contributed by atoms with Crippen molar-refractivity contribution in [3.8, 4) is 5.75 Å². The van der Waals surface area contributed by atoms with Gasteiger partial charge in [0.05, 0.1) is 10.2 Å². The number of hydrogen-bond donors (Lipinski definition) is 1. The first kappa shape index (κ1) is 16.0. The third-order valence-corrected chi connectivity index (χ3v) is 5.41. The maximum atomic E-state index is 13.9. The third-order valence-electron chi connectivity index (χ3n) is 2.66. The van der Waals surface area contributed by atoms with E-state index in [1.165, 1.54) is 12.1 Å². The number of benzene rings is 2. The average Bonchev–Trinajstić information content (AvgIpc) is 2.41. The molecule has 106 valence electrons. The van der Waals surface area contributed by atoms with Crippen LogP contribution in [0.4, 0.5) is 4.39 Å². The lowest BCUT2D eigenvalue weighted by molar-refractivity contribution is 0.112. The summed E-state index contributed by atoms with van der Waals surface area (Å²) in [4.78, 5) is 0. The largest absolute Gasteiger partial charge is 0.482 e. The van der Waals surface area contributed by atoms with Gasteiger partial charge in [0.15, 0.2) is 0 Å². The van der Waals surface area contributed by atoms with E-state index in [-0.39, 0.29) is 12.2 Å². The van der Waals surface area contributed by atoms with E-state index in [1.54, 1.807) is 12.1 Å². The molecule has 0 spiro atoms. The summed E-state index contributed by atoms with van der Waals surface area (Å²) in [7, 11) is 0. The fourth-order valence-electron chi connectivity index (χ4n) is 1.69. The smallest absolute Gasteiger partial charge is 0.150 e. The number of aliphatic hydroxyl groups is 1. The summed E-state index contributed by atoms with van der Waals surface area (Å²) < 4.78 is 21.3. The highest BCUT2D eigenvalue weighted by Gasteiger charge is 2.18. The van der Waals surface area contributed by atoms with Crippen LogP contribution < -0.4 is 4.74 Å². The molecule has 0 fully saturated rings. The van der Waals surface area contributed by atoms with Gasteiger partial charge in [0.1, 0.15) is 17.7 Å². The van der Waals surface area contributed by atoms with Crippen LogP contribution in [0, 0.1) is 9.39 Å². The molecule has 0 aliphatic heterocycles. The van der Waals surface area contributed by atoms with Gasteiger partial charge >= 0.3 is 0 Å². The average molecular weight is 471 g/mol. The van der Waals surface area contributed by atoms with E-state index in [4.69, 9.17) is 16.3 Å². The molecule has 0 heterocycles. The molecule has 1 atom stereocenters. The normalized spacial score (nSPS) is 12.2. The molecule has 6 heteroatoms. The molecular weight excluding hydrogens is 461 g/mol. The number of ether oxygens (including phenoxy) is 1. The Labute approximate surface area is 143 Å². The molecule has 0 aliphatic carbocycles. The van der Waals surface area contributed by atoms with Gasteiger partial charge in [-0.1, -0.05) is 23.7 Å². The second-order valence-electron chi connectivity index (χ2n) is 4.01. The van der Waals surface area contributed by atoms with Crippen molar-refractivity contribution in [2.45, 2.75) is 6.10 Å². The first-order chi connectivity index (χ1) is 9.52. The first-order valence-electron chi connectivity index (χ1n) is 5.69. The first-order valence-corrected chi connectivity index (χ1v) is 7.94. The molecule has 2 aromatic carbocycles. The molecule has 0 bridgehead atoms. The highest BCUT2D eigenvalue weighted by molar-refractivity contribution is 14.1. The van der Waals surface area contributed by atoms with E-state index < -0.39 is 11.9 Å². The lowest BCUT2D eigenvalue weighted by Crippen LogP contribution is -2.14. The zero-order valence-electron chi connectivity index (χ0n) is 10.1. The third kappa shape index (κ3) is 3.63. The van der Waals surface area contributed by atoms with Crippen LogP contribution in [-0.4, -0.2) is 11.7 Å². The standard InChI is InChI=1S/C14H10BrClFIO2/c15-10-2-1-3-12(14(10)18)20-13(7-19)9-5-4-8(16)6-11(9)17/h1-6,13,19H,7H2. The minimum absolute atomic E-state index is 0.271. The van der Waals surface area contributed by atoms with E-state index in [1.807, 2.05) is 12.1 Å². The van der Waals surface area contributed by atoms with Gasteiger partial charge in [-0.15, -0.1) is 0 Å². The molecule has 2 nitrogen and oxygen atoms in total. The van der Waals surface area contributed by atoms with Crippen LogP contribution >= 0.6 is 50.1 Å². The van der Waals surface area contributed by atoms with E-state index in [2.05, 4.69) is 38.5 Å². The molecule has 20 heavy (non-hydrogen) atoms. The summed E-state index contributed by atoms with van der Waals surface area (Å²) in [6, 6.07) is 9.75. The molecule has 0 amide bonds. The Balaban J connectivity index is 2.31. The minimum Gasteiger partial charge on any atom is -0.482 e. The lowest BCUT2D eigenvalue weighted by Gasteiger charge is -2.19. The molecule has 2 aromatic rings. The predicted molar refractivity (Wildman–Crippen MR) is 88.7 cm³/mol. The summed E-state index contributed by atoms with van der Waals surface area (Å²) in [5.74, 6) is 0.0786. The second-order valence-corrected chi connectivity index (χ2v) is 6.38. The molecule has 2 rings (SSSR count). The quantitative estimate of drug-likeness (QED) is 0.639. The van der Waals surface area contributed by atoms with Crippen LogP contribution in [0.25, 0.3) is 0 Å². The Kier molecular flexibility index (Phi) is 5.65. The summed E-state index contributed by atoms with van der Waals surface area (Å²) in [6.45, 7) is -0.332. The van der Waals surface area contributed by atoms with Crippen LogP contribution in [0.2, 0.25) is 5.02 Å². The van der Waals surface area contributed by atoms with E-state index in [0.29, 0.717) is 10.8 Å². The summed E-state index contributed by atoms with van der Waals surface area (Å²) >= 11 is 11.2. The van der Waals surface area contributed by atoms with Gasteiger partial charge in [0.25, 0.3) is 0 Å². The van der Waals surface area contributed by atoms with Crippen molar-refractivity contribution < 1.29 is 14.2 Å². The molecule has 0 saturated heterocycles. The molecule has 1 N–H and O–H groups in total. The van der Waals surface area contributed by atoms with Gasteiger partial charge in [0, 0.05) is 15.1 Å². The van der Waals surface area contributed by atoms with Crippen molar-refractivity contribution in [1.29, 1.82) is 0 Å². The summed E-state index contributed by atoms with van der Waals surface area (Å²) in [5, 5.41) is 9.76. The van der Waals surface area contributed by atoms with Crippen molar-refractivity contribution in [3.63, 3.8) is 0 Å². The Morgan fingerprint density at radius 2 is 2.10 bits per heavy atom. The predicted octanol–water partition coefficient (Wildman–Crippen LogP) is 4.96. The van der Waals surface area contributed by atoms with Gasteiger partial charge in [-0.3, -0.25) is 0 Å².